The molecular weight excluding hydrogens is 645 g/mol. The van der Waals surface area contributed by atoms with E-state index < -0.39 is 0 Å². The number of rotatable bonds is 9. The van der Waals surface area contributed by atoms with Gasteiger partial charge in [-0.05, 0) is 190 Å². The molecule has 4 aromatic rings. The Labute approximate surface area is 321 Å². The molecule has 0 spiro atoms. The van der Waals surface area contributed by atoms with E-state index in [1.165, 1.54) is 86.5 Å². The molecule has 4 aliphatic carbocycles. The summed E-state index contributed by atoms with van der Waals surface area (Å²) in [7, 11) is 0. The molecule has 0 amide bonds. The fourth-order valence-electron chi connectivity index (χ4n) is 13.0. The van der Waals surface area contributed by atoms with Gasteiger partial charge in [-0.1, -0.05) is 94.3 Å². The normalized spacial score (nSPS) is 30.9. The SMILES string of the molecule is Cc1ccc(Oc2ccc(C3(c4ccc(Oc5ccc(C)cc5)cc4)CCC4(C)C(CCC5C4CCC4(C)C(C(C)CC(C)C)CCC54)C3)cc2)cc1. The highest BCUT2D eigenvalue weighted by Gasteiger charge is 2.62. The number of fused-ring (bicyclic) bond motifs is 5. The zero-order valence-electron chi connectivity index (χ0n) is 33.7. The summed E-state index contributed by atoms with van der Waals surface area (Å²) in [5.74, 6) is 9.58. The van der Waals surface area contributed by atoms with Crippen molar-refractivity contribution in [1.29, 1.82) is 0 Å². The Morgan fingerprint density at radius 1 is 0.547 bits per heavy atom. The zero-order valence-corrected chi connectivity index (χ0v) is 33.7. The maximum Gasteiger partial charge on any atom is 0.127 e. The monoisotopic (exact) mass is 708 g/mol. The van der Waals surface area contributed by atoms with Crippen molar-refractivity contribution in [1.82, 2.24) is 0 Å². The lowest BCUT2D eigenvalue weighted by atomic mass is 9.42. The van der Waals surface area contributed by atoms with E-state index in [2.05, 4.69) is 146 Å². The summed E-state index contributed by atoms with van der Waals surface area (Å²) in [6, 6.07) is 35.0. The average molecular weight is 709 g/mol. The van der Waals surface area contributed by atoms with Gasteiger partial charge < -0.3 is 9.47 Å². The highest BCUT2D eigenvalue weighted by Crippen LogP contribution is 2.70. The molecule has 8 unspecified atom stereocenters. The molecule has 53 heavy (non-hydrogen) atoms. The third-order valence-electron chi connectivity index (χ3n) is 15.7. The predicted octanol–water partition coefficient (Wildman–Crippen LogP) is 14.5. The van der Waals surface area contributed by atoms with Gasteiger partial charge in [-0.3, -0.25) is 0 Å². The topological polar surface area (TPSA) is 18.5 Å². The highest BCUT2D eigenvalue weighted by molar-refractivity contribution is 5.46. The van der Waals surface area contributed by atoms with Gasteiger partial charge in [0, 0.05) is 5.41 Å². The minimum absolute atomic E-state index is 0.0320. The van der Waals surface area contributed by atoms with Gasteiger partial charge in [0.25, 0.3) is 0 Å². The van der Waals surface area contributed by atoms with Crippen LogP contribution in [0.15, 0.2) is 97.1 Å². The fourth-order valence-corrected chi connectivity index (χ4v) is 13.0. The van der Waals surface area contributed by atoms with E-state index in [9.17, 15) is 0 Å². The second-order valence-electron chi connectivity index (χ2n) is 19.2. The molecule has 8 rings (SSSR count). The Balaban J connectivity index is 1.07. The predicted molar refractivity (Wildman–Crippen MR) is 220 cm³/mol. The van der Waals surface area contributed by atoms with Crippen LogP contribution in [0.25, 0.3) is 0 Å². The second-order valence-corrected chi connectivity index (χ2v) is 19.2. The summed E-state index contributed by atoms with van der Waals surface area (Å²) in [5.41, 5.74) is 6.28. The largest absolute Gasteiger partial charge is 0.457 e. The first-order chi connectivity index (χ1) is 25.5. The van der Waals surface area contributed by atoms with Gasteiger partial charge in [0.1, 0.15) is 23.0 Å². The molecule has 0 bridgehead atoms. The summed E-state index contributed by atoms with van der Waals surface area (Å²) in [6.07, 6.45) is 13.7. The average Bonchev–Trinajstić information content (AvgIpc) is 3.51. The molecular formula is C51H64O2. The lowest BCUT2D eigenvalue weighted by molar-refractivity contribution is -0.122. The Hall–Kier alpha value is -3.52. The highest BCUT2D eigenvalue weighted by atomic mass is 16.5. The van der Waals surface area contributed by atoms with E-state index in [1.807, 2.05) is 0 Å². The lowest BCUT2D eigenvalue weighted by Crippen LogP contribution is -2.55. The maximum absolute atomic E-state index is 6.32. The van der Waals surface area contributed by atoms with Crippen LogP contribution in [-0.2, 0) is 5.41 Å². The molecule has 0 N–H and O–H groups in total. The molecule has 0 radical (unpaired) electrons. The van der Waals surface area contributed by atoms with Crippen LogP contribution >= 0.6 is 0 Å². The van der Waals surface area contributed by atoms with E-state index in [-0.39, 0.29) is 5.41 Å². The summed E-state index contributed by atoms with van der Waals surface area (Å²) < 4.78 is 12.6. The Kier molecular flexibility index (Phi) is 9.82. The number of aryl methyl sites for hydroxylation is 2. The zero-order chi connectivity index (χ0) is 37.0. The maximum atomic E-state index is 6.32. The quantitative estimate of drug-likeness (QED) is 0.172. The number of benzene rings is 4. The standard InChI is InChI=1S/C51H64O2/c1-34(2)32-37(5)46-26-27-47-45-25-16-40-33-51(31-30-49(40,6)48(45)28-29-50(46,47)7,38-12-21-43(22-13-38)52-41-17-8-35(3)9-18-41)39-14-23-44(24-15-39)53-42-19-10-36(4)11-20-42/h8-15,17-24,34,37,40,45-48H,16,25-33H2,1-7H3. The molecule has 280 valence electrons. The van der Waals surface area contributed by atoms with Gasteiger partial charge in [-0.15, -0.1) is 0 Å². The molecule has 2 heteroatoms. The third kappa shape index (κ3) is 6.76. The van der Waals surface area contributed by atoms with Gasteiger partial charge in [0.15, 0.2) is 0 Å². The molecule has 4 saturated carbocycles. The van der Waals surface area contributed by atoms with Crippen molar-refractivity contribution in [3.8, 4) is 23.0 Å². The van der Waals surface area contributed by atoms with Gasteiger partial charge in [-0.2, -0.15) is 0 Å². The molecule has 4 aliphatic rings. The van der Waals surface area contributed by atoms with Crippen molar-refractivity contribution in [2.24, 2.45) is 52.3 Å². The van der Waals surface area contributed by atoms with E-state index in [1.54, 1.807) is 0 Å². The fraction of sp³-hybridized carbons (Fsp3) is 0.529. The molecule has 0 aromatic heterocycles. The van der Waals surface area contributed by atoms with Crippen LogP contribution < -0.4 is 9.47 Å². The molecule has 0 saturated heterocycles. The van der Waals surface area contributed by atoms with Crippen LogP contribution in [0.3, 0.4) is 0 Å². The molecule has 4 fully saturated rings. The minimum Gasteiger partial charge on any atom is -0.457 e. The van der Waals surface area contributed by atoms with Crippen LogP contribution in [0.1, 0.15) is 121 Å². The van der Waals surface area contributed by atoms with Gasteiger partial charge in [-0.25, -0.2) is 0 Å². The van der Waals surface area contributed by atoms with Crippen LogP contribution in [0, 0.1) is 66.1 Å². The van der Waals surface area contributed by atoms with Crippen LogP contribution in [0.4, 0.5) is 0 Å². The van der Waals surface area contributed by atoms with E-state index in [4.69, 9.17) is 9.47 Å². The van der Waals surface area contributed by atoms with Crippen LogP contribution in [0.2, 0.25) is 0 Å². The molecule has 2 nitrogen and oxygen atoms in total. The van der Waals surface area contributed by atoms with Gasteiger partial charge in [0.05, 0.1) is 0 Å². The van der Waals surface area contributed by atoms with Crippen molar-refractivity contribution in [2.45, 2.75) is 118 Å². The van der Waals surface area contributed by atoms with E-state index in [0.29, 0.717) is 10.8 Å². The van der Waals surface area contributed by atoms with Crippen molar-refractivity contribution in [3.05, 3.63) is 119 Å². The van der Waals surface area contributed by atoms with Crippen molar-refractivity contribution >= 4 is 0 Å². The molecule has 4 aromatic carbocycles. The first kappa shape index (κ1) is 36.5. The van der Waals surface area contributed by atoms with Gasteiger partial charge >= 0.3 is 0 Å². The minimum atomic E-state index is -0.0320. The number of hydrogen-bond acceptors (Lipinski definition) is 2. The first-order valence-electron chi connectivity index (χ1n) is 21.2. The Morgan fingerprint density at radius 3 is 1.55 bits per heavy atom. The second kappa shape index (κ2) is 14.3. The molecule has 0 heterocycles. The van der Waals surface area contributed by atoms with Crippen LogP contribution in [-0.4, -0.2) is 0 Å². The first-order valence-corrected chi connectivity index (χ1v) is 21.2. The molecule has 0 aliphatic heterocycles. The summed E-state index contributed by atoms with van der Waals surface area (Å²) >= 11 is 0. The Bertz CT molecular complexity index is 1750. The summed E-state index contributed by atoms with van der Waals surface area (Å²) in [5, 5.41) is 0. The third-order valence-corrected chi connectivity index (χ3v) is 15.7. The van der Waals surface area contributed by atoms with Crippen molar-refractivity contribution < 1.29 is 9.47 Å². The number of hydrogen-bond donors (Lipinski definition) is 0. The number of ether oxygens (including phenoxy) is 2. The summed E-state index contributed by atoms with van der Waals surface area (Å²) in [4.78, 5) is 0. The van der Waals surface area contributed by atoms with Crippen molar-refractivity contribution in [3.63, 3.8) is 0 Å². The van der Waals surface area contributed by atoms with Crippen molar-refractivity contribution in [2.75, 3.05) is 0 Å². The smallest absolute Gasteiger partial charge is 0.127 e. The lowest BCUT2D eigenvalue weighted by Gasteiger charge is -2.63. The van der Waals surface area contributed by atoms with E-state index in [0.717, 1.165) is 64.4 Å². The van der Waals surface area contributed by atoms with Crippen LogP contribution in [0.5, 0.6) is 23.0 Å². The Morgan fingerprint density at radius 2 is 1.04 bits per heavy atom. The van der Waals surface area contributed by atoms with E-state index >= 15 is 0 Å². The van der Waals surface area contributed by atoms with Gasteiger partial charge in [0.2, 0.25) is 0 Å². The molecule has 8 atom stereocenters. The summed E-state index contributed by atoms with van der Waals surface area (Å²) in [6.45, 7) is 17.2.